The van der Waals surface area contributed by atoms with Crippen molar-refractivity contribution >= 4 is 6.03 Å². The second-order valence-electron chi connectivity index (χ2n) is 12.0. The van der Waals surface area contributed by atoms with Crippen molar-refractivity contribution in [2.24, 2.45) is 10.8 Å². The molecule has 0 aromatic carbocycles. The Bertz CT molecular complexity index is 1170. The Morgan fingerprint density at radius 1 is 0.946 bits per heavy atom. The van der Waals surface area contributed by atoms with E-state index in [0.717, 1.165) is 88.7 Å². The molecule has 2 aliphatic heterocycles. The summed E-state index contributed by atoms with van der Waals surface area (Å²) in [7, 11) is 0. The van der Waals surface area contributed by atoms with Gasteiger partial charge in [0.2, 0.25) is 0 Å². The fraction of sp³-hybridized carbons (Fsp3) is 0.720. The quantitative estimate of drug-likeness (QED) is 0.655. The van der Waals surface area contributed by atoms with Crippen LogP contribution in [-0.2, 0) is 6.18 Å². The van der Waals surface area contributed by atoms with Gasteiger partial charge >= 0.3 is 18.2 Å². The molecule has 0 bridgehead atoms. The van der Waals surface area contributed by atoms with E-state index in [4.69, 9.17) is 9.72 Å². The number of carbonyl (C=O) groups is 1. The molecule has 2 saturated heterocycles. The summed E-state index contributed by atoms with van der Waals surface area (Å²) in [4.78, 5) is 29.1. The van der Waals surface area contributed by atoms with Gasteiger partial charge in [-0.3, -0.25) is 5.10 Å². The molecule has 37 heavy (non-hydrogen) atoms. The summed E-state index contributed by atoms with van der Waals surface area (Å²) in [6.45, 7) is 3.19. The molecule has 9 nitrogen and oxygen atoms in total. The smallest absolute Gasteiger partial charge is 0.419 e. The fourth-order valence-corrected chi connectivity index (χ4v) is 6.74. The number of alkyl halides is 3. The lowest BCUT2D eigenvalue weighted by Gasteiger charge is -2.61. The molecule has 1 N–H and O–H groups in total. The van der Waals surface area contributed by atoms with Crippen LogP contribution >= 0.6 is 0 Å². The largest absolute Gasteiger partial charge is 0.460 e. The summed E-state index contributed by atoms with van der Waals surface area (Å²) in [5.74, 6) is 2.99. The van der Waals surface area contributed by atoms with Crippen LogP contribution in [0.25, 0.3) is 0 Å². The van der Waals surface area contributed by atoms with E-state index < -0.39 is 11.7 Å². The van der Waals surface area contributed by atoms with Gasteiger partial charge in [-0.2, -0.15) is 18.3 Å². The summed E-state index contributed by atoms with van der Waals surface area (Å²) in [5, 5.41) is 7.54. The molecule has 2 amide bonds. The van der Waals surface area contributed by atoms with Crippen molar-refractivity contribution in [2.45, 2.75) is 75.5 Å². The van der Waals surface area contributed by atoms with Crippen LogP contribution in [0.15, 0.2) is 12.4 Å². The van der Waals surface area contributed by atoms with Gasteiger partial charge in [0, 0.05) is 61.2 Å². The Kier molecular flexibility index (Phi) is 5.04. The second kappa shape index (κ2) is 8.04. The van der Waals surface area contributed by atoms with Crippen LogP contribution in [0.1, 0.15) is 80.4 Å². The number of halogens is 3. The topological polar surface area (TPSA) is 100 Å². The molecule has 2 aromatic rings. The third-order valence-electron chi connectivity index (χ3n) is 9.07. The second-order valence-corrected chi connectivity index (χ2v) is 12.0. The number of amides is 2. The number of H-pyrrole nitrogens is 1. The van der Waals surface area contributed by atoms with Gasteiger partial charge in [0.15, 0.2) is 5.82 Å². The van der Waals surface area contributed by atoms with Crippen molar-refractivity contribution in [1.82, 2.24) is 34.9 Å². The number of hydrogen-bond donors (Lipinski definition) is 1. The monoisotopic (exact) mass is 517 g/mol. The van der Waals surface area contributed by atoms with Gasteiger partial charge in [-0.15, -0.1) is 0 Å². The van der Waals surface area contributed by atoms with Crippen LogP contribution in [0.5, 0.6) is 6.01 Å². The molecular weight excluding hydrogens is 487 g/mol. The number of aromatic nitrogens is 5. The first kappa shape index (κ1) is 23.2. The average Bonchev–Trinajstić information content (AvgIpc) is 3.53. The molecule has 4 heterocycles. The molecule has 198 valence electrons. The van der Waals surface area contributed by atoms with E-state index in [-0.39, 0.29) is 29.0 Å². The minimum absolute atomic E-state index is 0.0178. The number of aromatic amines is 1. The van der Waals surface area contributed by atoms with E-state index in [1.807, 2.05) is 9.80 Å². The predicted molar refractivity (Wildman–Crippen MR) is 124 cm³/mol. The molecule has 5 aliphatic rings. The minimum atomic E-state index is -4.46. The van der Waals surface area contributed by atoms with Crippen molar-refractivity contribution in [3.63, 3.8) is 0 Å². The molecule has 0 radical (unpaired) electrons. The summed E-state index contributed by atoms with van der Waals surface area (Å²) in [5.41, 5.74) is -0.506. The van der Waals surface area contributed by atoms with Crippen molar-refractivity contribution in [3.05, 3.63) is 29.6 Å². The zero-order chi connectivity index (χ0) is 25.4. The number of nitrogens with one attached hydrogen (secondary N) is 1. The van der Waals surface area contributed by atoms with Gasteiger partial charge in [0.1, 0.15) is 11.9 Å². The third-order valence-corrected chi connectivity index (χ3v) is 9.07. The first-order valence-electron chi connectivity index (χ1n) is 13.2. The fourth-order valence-electron chi connectivity index (χ4n) is 6.74. The number of nitrogens with zero attached hydrogens (tertiary/aromatic N) is 6. The van der Waals surface area contributed by atoms with E-state index in [1.165, 1.54) is 12.8 Å². The summed E-state index contributed by atoms with van der Waals surface area (Å²) in [6, 6.07) is 0.126. The highest BCUT2D eigenvalue weighted by molar-refractivity contribution is 5.76. The van der Waals surface area contributed by atoms with E-state index in [2.05, 4.69) is 20.2 Å². The van der Waals surface area contributed by atoms with Crippen LogP contribution in [0.4, 0.5) is 18.0 Å². The zero-order valence-electron chi connectivity index (χ0n) is 20.5. The van der Waals surface area contributed by atoms with E-state index in [1.54, 1.807) is 0 Å². The SMILES string of the molecule is O=C(N1CC2(CCC(Oc3ncc(C(F)(F)F)cn3)CC2)C1)N1CC2(CC(c3n[nH]c(C4CC4)n3)C2)C1. The Labute approximate surface area is 212 Å². The molecule has 12 heteroatoms. The molecule has 0 atom stereocenters. The number of urea groups is 1. The van der Waals surface area contributed by atoms with E-state index in [0.29, 0.717) is 11.8 Å². The van der Waals surface area contributed by atoms with Gasteiger partial charge in [-0.1, -0.05) is 0 Å². The van der Waals surface area contributed by atoms with Crippen LogP contribution in [0.3, 0.4) is 0 Å². The maximum absolute atomic E-state index is 13.0. The highest BCUT2D eigenvalue weighted by Gasteiger charge is 2.57. The first-order chi connectivity index (χ1) is 17.7. The number of hydrogen-bond acceptors (Lipinski definition) is 6. The number of ether oxygens (including phenoxy) is 1. The maximum atomic E-state index is 13.0. The predicted octanol–water partition coefficient (Wildman–Crippen LogP) is 4.11. The molecule has 5 fully saturated rings. The van der Waals surface area contributed by atoms with Gasteiger partial charge in [0.25, 0.3) is 0 Å². The zero-order valence-corrected chi connectivity index (χ0v) is 20.5. The summed E-state index contributed by atoms with van der Waals surface area (Å²) < 4.78 is 43.8. The number of carbonyl (C=O) groups excluding carboxylic acids is 1. The highest BCUT2D eigenvalue weighted by Crippen LogP contribution is 2.56. The van der Waals surface area contributed by atoms with Crippen LogP contribution in [0, 0.1) is 10.8 Å². The maximum Gasteiger partial charge on any atom is 0.419 e. The van der Waals surface area contributed by atoms with Gasteiger partial charge < -0.3 is 14.5 Å². The third kappa shape index (κ3) is 4.21. The number of rotatable bonds is 4. The van der Waals surface area contributed by atoms with E-state index >= 15 is 0 Å². The molecule has 0 unspecified atom stereocenters. The summed E-state index contributed by atoms with van der Waals surface area (Å²) in [6.07, 6.45) is 4.90. The normalized spacial score (nSPS) is 25.1. The lowest BCUT2D eigenvalue weighted by molar-refractivity contribution is -0.138. The Hall–Kier alpha value is -2.92. The average molecular weight is 518 g/mol. The van der Waals surface area contributed by atoms with Crippen LogP contribution in [0.2, 0.25) is 0 Å². The Morgan fingerprint density at radius 2 is 1.57 bits per heavy atom. The van der Waals surface area contributed by atoms with Crippen molar-refractivity contribution in [3.8, 4) is 6.01 Å². The first-order valence-corrected chi connectivity index (χ1v) is 13.2. The molecule has 7 rings (SSSR count). The minimum Gasteiger partial charge on any atom is -0.460 e. The molecular formula is C25H30F3N7O2. The standard InChI is InChI=1S/C25H30F3N7O2/c26-25(27,28)17-9-29-21(30-10-17)37-18-3-5-23(6-4-18)11-34(12-23)22(36)35-13-24(14-35)7-16(8-24)20-31-19(32-33-20)15-1-2-15/h9-10,15-16,18H,1-8,11-14H2,(H,31,32,33). The van der Waals surface area contributed by atoms with Gasteiger partial charge in [0.05, 0.1) is 5.56 Å². The Balaban J connectivity index is 0.838. The highest BCUT2D eigenvalue weighted by atomic mass is 19.4. The summed E-state index contributed by atoms with van der Waals surface area (Å²) >= 11 is 0. The van der Waals surface area contributed by atoms with Crippen molar-refractivity contribution in [2.75, 3.05) is 26.2 Å². The molecule has 3 aliphatic carbocycles. The van der Waals surface area contributed by atoms with Gasteiger partial charge in [-0.05, 0) is 51.4 Å². The lowest BCUT2D eigenvalue weighted by Crippen LogP contribution is -2.69. The Morgan fingerprint density at radius 3 is 2.16 bits per heavy atom. The molecule has 2 aromatic heterocycles. The molecule has 3 saturated carbocycles. The van der Waals surface area contributed by atoms with Crippen molar-refractivity contribution in [1.29, 1.82) is 0 Å². The van der Waals surface area contributed by atoms with Crippen LogP contribution in [-0.4, -0.2) is 73.3 Å². The lowest BCUT2D eigenvalue weighted by atomic mass is 9.57. The van der Waals surface area contributed by atoms with Gasteiger partial charge in [-0.25, -0.2) is 19.7 Å². The van der Waals surface area contributed by atoms with Crippen molar-refractivity contribution < 1.29 is 22.7 Å². The van der Waals surface area contributed by atoms with Crippen LogP contribution < -0.4 is 4.74 Å². The number of likely N-dealkylation sites (tertiary alicyclic amines) is 2. The molecule has 2 spiro atoms. The van der Waals surface area contributed by atoms with E-state index in [9.17, 15) is 18.0 Å².